The first kappa shape index (κ1) is 9.59. The van der Waals surface area contributed by atoms with Gasteiger partial charge >= 0.3 is 0 Å². The lowest BCUT2D eigenvalue weighted by atomic mass is 10.1. The van der Waals surface area contributed by atoms with Gasteiger partial charge in [0.05, 0.1) is 11.1 Å². The van der Waals surface area contributed by atoms with Crippen LogP contribution >= 0.6 is 0 Å². The first-order valence-electron chi connectivity index (χ1n) is 5.01. The number of hydrogen-bond acceptors (Lipinski definition) is 3. The number of hydrogen-bond donors (Lipinski definition) is 3. The van der Waals surface area contributed by atoms with Gasteiger partial charge in [0.1, 0.15) is 5.65 Å². The predicted molar refractivity (Wildman–Crippen MR) is 62.8 cm³/mol. The maximum absolute atomic E-state index is 11.6. The van der Waals surface area contributed by atoms with Crippen molar-refractivity contribution < 1.29 is 0 Å². The Bertz CT molecular complexity index is 782. The third-order valence-corrected chi connectivity index (χ3v) is 2.51. The van der Waals surface area contributed by atoms with Crippen molar-refractivity contribution in [2.75, 3.05) is 0 Å². The number of fused-ring (bicyclic) bond motifs is 1. The summed E-state index contributed by atoms with van der Waals surface area (Å²) in [5, 5.41) is 5.46. The lowest BCUT2D eigenvalue weighted by Crippen LogP contribution is -2.07. The molecular formula is C11H8N4O2. The molecule has 3 aromatic rings. The van der Waals surface area contributed by atoms with Crippen LogP contribution in [0.2, 0.25) is 0 Å². The fraction of sp³-hybridized carbons (Fsp3) is 0. The van der Waals surface area contributed by atoms with Gasteiger partial charge in [0, 0.05) is 17.8 Å². The molecule has 0 aliphatic carbocycles. The molecule has 0 aliphatic rings. The van der Waals surface area contributed by atoms with Crippen LogP contribution in [0.15, 0.2) is 40.1 Å². The van der Waals surface area contributed by atoms with Gasteiger partial charge in [0.15, 0.2) is 0 Å². The molecule has 0 bridgehead atoms. The number of aromatic nitrogens is 4. The summed E-state index contributed by atoms with van der Waals surface area (Å²) in [6.07, 6.45) is 1.61. The molecule has 6 heteroatoms. The Hall–Kier alpha value is -2.63. The molecule has 3 heterocycles. The molecular weight excluding hydrogens is 220 g/mol. The zero-order valence-corrected chi connectivity index (χ0v) is 8.65. The second-order valence-electron chi connectivity index (χ2n) is 3.59. The van der Waals surface area contributed by atoms with Crippen LogP contribution in [0.5, 0.6) is 0 Å². The van der Waals surface area contributed by atoms with Crippen LogP contribution in [-0.2, 0) is 0 Å². The van der Waals surface area contributed by atoms with Crippen molar-refractivity contribution in [3.63, 3.8) is 0 Å². The highest BCUT2D eigenvalue weighted by molar-refractivity contribution is 5.90. The van der Waals surface area contributed by atoms with Crippen molar-refractivity contribution in [2.24, 2.45) is 0 Å². The third kappa shape index (κ3) is 1.46. The third-order valence-electron chi connectivity index (χ3n) is 2.51. The topological polar surface area (TPSA) is 94.4 Å². The number of rotatable bonds is 1. The Morgan fingerprint density at radius 2 is 2.00 bits per heavy atom. The minimum atomic E-state index is -0.284. The molecule has 0 spiro atoms. The van der Waals surface area contributed by atoms with E-state index in [0.29, 0.717) is 22.3 Å². The summed E-state index contributed by atoms with van der Waals surface area (Å²) in [5.41, 5.74) is 0.925. The highest BCUT2D eigenvalue weighted by Crippen LogP contribution is 2.19. The number of aromatic amines is 3. The molecule has 0 saturated carbocycles. The lowest BCUT2D eigenvalue weighted by molar-refractivity contribution is 1.06. The molecule has 3 rings (SSSR count). The van der Waals surface area contributed by atoms with Gasteiger partial charge < -0.3 is 4.98 Å². The van der Waals surface area contributed by atoms with Crippen molar-refractivity contribution in [1.82, 2.24) is 20.2 Å². The molecule has 0 amide bonds. The maximum atomic E-state index is 11.6. The van der Waals surface area contributed by atoms with Crippen molar-refractivity contribution >= 4 is 11.0 Å². The molecule has 3 N–H and O–H groups in total. The fourth-order valence-corrected chi connectivity index (χ4v) is 1.80. The highest BCUT2D eigenvalue weighted by atomic mass is 16.1. The normalized spacial score (nSPS) is 10.8. The summed E-state index contributed by atoms with van der Waals surface area (Å²) in [6.45, 7) is 0. The van der Waals surface area contributed by atoms with Crippen LogP contribution in [0.1, 0.15) is 0 Å². The van der Waals surface area contributed by atoms with E-state index in [2.05, 4.69) is 20.2 Å². The van der Waals surface area contributed by atoms with Crippen LogP contribution < -0.4 is 11.1 Å². The van der Waals surface area contributed by atoms with Gasteiger partial charge in [-0.05, 0) is 12.1 Å². The average molecular weight is 228 g/mol. The van der Waals surface area contributed by atoms with Gasteiger partial charge in [-0.15, -0.1) is 0 Å². The van der Waals surface area contributed by atoms with E-state index >= 15 is 0 Å². The molecule has 6 nitrogen and oxygen atoms in total. The molecule has 0 aromatic carbocycles. The van der Waals surface area contributed by atoms with E-state index in [1.807, 2.05) is 0 Å². The second kappa shape index (κ2) is 3.44. The summed E-state index contributed by atoms with van der Waals surface area (Å²) in [4.78, 5) is 29.8. The summed E-state index contributed by atoms with van der Waals surface area (Å²) in [5.74, 6) is 0. The van der Waals surface area contributed by atoms with Crippen molar-refractivity contribution in [1.29, 1.82) is 0 Å². The highest BCUT2D eigenvalue weighted by Gasteiger charge is 2.11. The Labute approximate surface area is 94.3 Å². The van der Waals surface area contributed by atoms with Gasteiger partial charge in [-0.3, -0.25) is 24.8 Å². The molecule has 0 unspecified atom stereocenters. The molecule has 0 fully saturated rings. The minimum Gasteiger partial charge on any atom is -0.307 e. The molecule has 17 heavy (non-hydrogen) atoms. The van der Waals surface area contributed by atoms with Crippen molar-refractivity contribution in [3.8, 4) is 11.3 Å². The Balaban J connectivity index is 2.47. The van der Waals surface area contributed by atoms with E-state index in [9.17, 15) is 9.59 Å². The summed E-state index contributed by atoms with van der Waals surface area (Å²) in [6, 6.07) is 6.69. The maximum Gasteiger partial charge on any atom is 0.274 e. The smallest absolute Gasteiger partial charge is 0.274 e. The summed E-state index contributed by atoms with van der Waals surface area (Å²) >= 11 is 0. The van der Waals surface area contributed by atoms with Crippen LogP contribution in [0.4, 0.5) is 0 Å². The first-order chi connectivity index (χ1) is 8.25. The van der Waals surface area contributed by atoms with Crippen molar-refractivity contribution in [3.05, 3.63) is 51.2 Å². The first-order valence-corrected chi connectivity index (χ1v) is 5.01. The zero-order valence-electron chi connectivity index (χ0n) is 8.65. The number of nitrogens with zero attached hydrogens (tertiary/aromatic N) is 1. The number of pyridine rings is 2. The Morgan fingerprint density at radius 3 is 2.76 bits per heavy atom. The number of nitrogens with one attached hydrogen (secondary N) is 3. The van der Waals surface area contributed by atoms with Gasteiger partial charge in [-0.2, -0.15) is 0 Å². The van der Waals surface area contributed by atoms with E-state index in [1.54, 1.807) is 24.4 Å². The van der Waals surface area contributed by atoms with E-state index in [-0.39, 0.29) is 11.1 Å². The molecule has 0 atom stereocenters. The van der Waals surface area contributed by atoms with E-state index in [4.69, 9.17) is 0 Å². The van der Waals surface area contributed by atoms with Crippen LogP contribution in [0.25, 0.3) is 22.3 Å². The molecule has 0 saturated heterocycles. The Kier molecular flexibility index (Phi) is 1.94. The Morgan fingerprint density at radius 1 is 1.12 bits per heavy atom. The molecule has 0 radical (unpaired) electrons. The average Bonchev–Trinajstić information content (AvgIpc) is 2.71. The predicted octanol–water partition coefficient (Wildman–Crippen LogP) is 0.606. The second-order valence-corrected chi connectivity index (χ2v) is 3.59. The van der Waals surface area contributed by atoms with Gasteiger partial charge in [0.25, 0.3) is 5.56 Å². The fourth-order valence-electron chi connectivity index (χ4n) is 1.80. The van der Waals surface area contributed by atoms with Crippen LogP contribution in [-0.4, -0.2) is 20.2 Å². The minimum absolute atomic E-state index is 0.281. The summed E-state index contributed by atoms with van der Waals surface area (Å²) in [7, 11) is 0. The van der Waals surface area contributed by atoms with E-state index in [1.165, 1.54) is 6.07 Å². The van der Waals surface area contributed by atoms with Gasteiger partial charge in [0.2, 0.25) is 5.56 Å². The number of H-pyrrole nitrogens is 3. The largest absolute Gasteiger partial charge is 0.307 e. The SMILES string of the molecule is O=c1cc(-c2ccccn2)c2c(=O)[nH][nH]c2[nH]1. The molecule has 0 aliphatic heterocycles. The summed E-state index contributed by atoms with van der Waals surface area (Å²) < 4.78 is 0. The zero-order chi connectivity index (χ0) is 11.8. The standard InChI is InChI=1S/C11H8N4O2/c16-8-5-6(7-3-1-2-4-12-7)9-10(13-8)14-15-11(9)17/h1-5H,(H3,13,14,15,16,17). The van der Waals surface area contributed by atoms with E-state index in [0.717, 1.165) is 0 Å². The molecule has 3 aromatic heterocycles. The molecule has 84 valence electrons. The van der Waals surface area contributed by atoms with E-state index < -0.39 is 0 Å². The monoisotopic (exact) mass is 228 g/mol. The van der Waals surface area contributed by atoms with Crippen LogP contribution in [0.3, 0.4) is 0 Å². The lowest BCUT2D eigenvalue weighted by Gasteiger charge is -2.00. The van der Waals surface area contributed by atoms with Crippen molar-refractivity contribution in [2.45, 2.75) is 0 Å². The van der Waals surface area contributed by atoms with Gasteiger partial charge in [-0.1, -0.05) is 6.07 Å². The quantitative estimate of drug-likeness (QED) is 0.569. The van der Waals surface area contributed by atoms with Crippen LogP contribution in [0, 0.1) is 0 Å². The van der Waals surface area contributed by atoms with Gasteiger partial charge in [-0.25, -0.2) is 0 Å².